The van der Waals surface area contributed by atoms with Crippen LogP contribution in [0, 0.1) is 6.92 Å². The third kappa shape index (κ3) is 3.72. The molecule has 3 rings (SSSR count). The minimum atomic E-state index is -1.00. The summed E-state index contributed by atoms with van der Waals surface area (Å²) in [5.41, 5.74) is 2.50. The summed E-state index contributed by atoms with van der Waals surface area (Å²) in [7, 11) is 0. The number of ether oxygens (including phenoxy) is 1. The van der Waals surface area contributed by atoms with Crippen molar-refractivity contribution in [3.8, 4) is 5.75 Å². The Kier molecular flexibility index (Phi) is 4.99. The van der Waals surface area contributed by atoms with Gasteiger partial charge in [-0.3, -0.25) is 14.3 Å². The molecule has 1 atom stereocenters. The SMILES string of the molecule is Cc1ccc(C(C)Oc2cc3oc(=O)n(CCC(=O)O)c3cc2Cl)nc1. The maximum Gasteiger partial charge on any atom is 0.419 e. The number of rotatable bonds is 6. The zero-order chi connectivity index (χ0) is 18.8. The highest BCUT2D eigenvalue weighted by atomic mass is 35.5. The molecule has 0 fully saturated rings. The van der Waals surface area contributed by atoms with Gasteiger partial charge in [-0.25, -0.2) is 4.79 Å². The molecule has 8 heteroatoms. The fourth-order valence-electron chi connectivity index (χ4n) is 2.54. The second kappa shape index (κ2) is 7.21. The van der Waals surface area contributed by atoms with Gasteiger partial charge in [-0.15, -0.1) is 0 Å². The number of hydrogen-bond acceptors (Lipinski definition) is 5. The van der Waals surface area contributed by atoms with Crippen molar-refractivity contribution < 1.29 is 19.1 Å². The molecule has 0 aliphatic carbocycles. The summed E-state index contributed by atoms with van der Waals surface area (Å²) in [6.07, 6.45) is 1.20. The van der Waals surface area contributed by atoms with Crippen LogP contribution in [0.3, 0.4) is 0 Å². The molecule has 3 aromatic rings. The zero-order valence-electron chi connectivity index (χ0n) is 14.2. The quantitative estimate of drug-likeness (QED) is 0.706. The second-order valence-corrected chi connectivity index (χ2v) is 6.34. The third-order valence-corrected chi connectivity index (χ3v) is 4.22. The van der Waals surface area contributed by atoms with Crippen molar-refractivity contribution in [1.82, 2.24) is 9.55 Å². The maximum absolute atomic E-state index is 12.0. The van der Waals surface area contributed by atoms with Crippen LogP contribution in [0.15, 0.2) is 39.7 Å². The number of aromatic nitrogens is 2. The predicted molar refractivity (Wildman–Crippen MR) is 95.8 cm³/mol. The smallest absolute Gasteiger partial charge is 0.419 e. The molecule has 0 aliphatic rings. The molecule has 0 spiro atoms. The van der Waals surface area contributed by atoms with E-state index in [1.165, 1.54) is 16.7 Å². The van der Waals surface area contributed by atoms with Gasteiger partial charge in [0.25, 0.3) is 0 Å². The molecule has 0 radical (unpaired) electrons. The minimum absolute atomic E-state index is 0.00138. The zero-order valence-corrected chi connectivity index (χ0v) is 15.0. The van der Waals surface area contributed by atoms with Crippen molar-refractivity contribution in [2.75, 3.05) is 0 Å². The van der Waals surface area contributed by atoms with Crippen molar-refractivity contribution in [1.29, 1.82) is 0 Å². The van der Waals surface area contributed by atoms with Crippen molar-refractivity contribution in [2.45, 2.75) is 32.9 Å². The van der Waals surface area contributed by atoms with Crippen LogP contribution in [0.4, 0.5) is 0 Å². The summed E-state index contributed by atoms with van der Waals surface area (Å²) in [5, 5.41) is 9.09. The van der Waals surface area contributed by atoms with Crippen LogP contribution in [0.2, 0.25) is 5.02 Å². The van der Waals surface area contributed by atoms with Gasteiger partial charge in [0.1, 0.15) is 11.9 Å². The van der Waals surface area contributed by atoms with Crippen LogP contribution >= 0.6 is 11.6 Å². The first-order valence-corrected chi connectivity index (χ1v) is 8.37. The second-order valence-electron chi connectivity index (χ2n) is 5.93. The van der Waals surface area contributed by atoms with E-state index in [2.05, 4.69) is 4.98 Å². The van der Waals surface area contributed by atoms with E-state index in [1.54, 1.807) is 6.20 Å². The van der Waals surface area contributed by atoms with Crippen LogP contribution in [0.1, 0.15) is 30.7 Å². The molecule has 2 heterocycles. The molecule has 1 aromatic carbocycles. The van der Waals surface area contributed by atoms with Gasteiger partial charge in [0, 0.05) is 18.8 Å². The standard InChI is InChI=1S/C18H17ClN2O5/c1-10-3-4-13(20-9-10)11(2)25-15-8-16-14(7-12(15)19)21(18(24)26-16)6-5-17(22)23/h3-4,7-9,11H,5-6H2,1-2H3,(H,22,23). The molecular weight excluding hydrogens is 360 g/mol. The largest absolute Gasteiger partial charge is 0.483 e. The molecule has 26 heavy (non-hydrogen) atoms. The molecule has 2 aromatic heterocycles. The summed E-state index contributed by atoms with van der Waals surface area (Å²) < 4.78 is 12.3. The number of carboxylic acids is 1. The average Bonchev–Trinajstić information content (AvgIpc) is 2.88. The van der Waals surface area contributed by atoms with Gasteiger partial charge in [0.15, 0.2) is 5.58 Å². The Morgan fingerprint density at radius 2 is 2.19 bits per heavy atom. The lowest BCUT2D eigenvalue weighted by atomic mass is 10.2. The van der Waals surface area contributed by atoms with Crippen LogP contribution in [-0.2, 0) is 11.3 Å². The number of aliphatic carboxylic acids is 1. The number of aryl methyl sites for hydroxylation is 2. The van der Waals surface area contributed by atoms with E-state index in [1.807, 2.05) is 26.0 Å². The Labute approximate surface area is 153 Å². The summed E-state index contributed by atoms with van der Waals surface area (Å²) in [6.45, 7) is 3.79. The van der Waals surface area contributed by atoms with Crippen LogP contribution in [0.25, 0.3) is 11.1 Å². The van der Waals surface area contributed by atoms with Gasteiger partial charge in [-0.1, -0.05) is 17.7 Å². The molecule has 0 bridgehead atoms. The maximum atomic E-state index is 12.0. The number of carboxylic acid groups (broad SMARTS) is 1. The number of hydrogen-bond donors (Lipinski definition) is 1. The monoisotopic (exact) mass is 376 g/mol. The Bertz CT molecular complexity index is 1010. The first-order valence-electron chi connectivity index (χ1n) is 7.99. The van der Waals surface area contributed by atoms with Crippen molar-refractivity contribution in [3.63, 3.8) is 0 Å². The Morgan fingerprint density at radius 1 is 1.42 bits per heavy atom. The Morgan fingerprint density at radius 3 is 2.85 bits per heavy atom. The van der Waals surface area contributed by atoms with Gasteiger partial charge in [0.05, 0.1) is 22.7 Å². The fourth-order valence-corrected chi connectivity index (χ4v) is 2.75. The molecule has 0 aliphatic heterocycles. The molecule has 0 saturated heterocycles. The highest BCUT2D eigenvalue weighted by Gasteiger charge is 2.17. The highest BCUT2D eigenvalue weighted by Crippen LogP contribution is 2.32. The minimum Gasteiger partial charge on any atom is -0.483 e. The number of pyridine rings is 1. The topological polar surface area (TPSA) is 94.6 Å². The molecular formula is C18H17ClN2O5. The van der Waals surface area contributed by atoms with Crippen LogP contribution in [-0.4, -0.2) is 20.6 Å². The lowest BCUT2D eigenvalue weighted by Crippen LogP contribution is -2.16. The van der Waals surface area contributed by atoms with E-state index in [0.717, 1.165) is 11.3 Å². The van der Waals surface area contributed by atoms with Crippen molar-refractivity contribution >= 4 is 28.7 Å². The van der Waals surface area contributed by atoms with Crippen LogP contribution in [0.5, 0.6) is 5.75 Å². The summed E-state index contributed by atoms with van der Waals surface area (Å²) >= 11 is 6.29. The number of oxazole rings is 1. The summed E-state index contributed by atoms with van der Waals surface area (Å²) in [5.74, 6) is -1.28. The number of carbonyl (C=O) groups is 1. The van der Waals surface area contributed by atoms with Gasteiger partial charge < -0.3 is 14.3 Å². The van der Waals surface area contributed by atoms with Gasteiger partial charge in [0.2, 0.25) is 0 Å². The number of halogens is 1. The molecule has 7 nitrogen and oxygen atoms in total. The lowest BCUT2D eigenvalue weighted by Gasteiger charge is -2.15. The van der Waals surface area contributed by atoms with Gasteiger partial charge in [-0.05, 0) is 31.5 Å². The van der Waals surface area contributed by atoms with E-state index in [0.29, 0.717) is 16.3 Å². The Balaban J connectivity index is 1.90. The van der Waals surface area contributed by atoms with Crippen LogP contribution < -0.4 is 10.5 Å². The van der Waals surface area contributed by atoms with E-state index in [9.17, 15) is 9.59 Å². The predicted octanol–water partition coefficient (Wildman–Crippen LogP) is 3.57. The fraction of sp³-hybridized carbons (Fsp3) is 0.278. The molecule has 1 N–H and O–H groups in total. The first kappa shape index (κ1) is 18.0. The molecule has 0 amide bonds. The number of nitrogens with zero attached hydrogens (tertiary/aromatic N) is 2. The Hall–Kier alpha value is -2.80. The van der Waals surface area contributed by atoms with E-state index in [4.69, 9.17) is 25.9 Å². The van der Waals surface area contributed by atoms with Gasteiger partial charge in [-0.2, -0.15) is 0 Å². The normalized spacial score (nSPS) is 12.3. The van der Waals surface area contributed by atoms with Gasteiger partial charge >= 0.3 is 11.7 Å². The van der Waals surface area contributed by atoms with E-state index >= 15 is 0 Å². The first-order chi connectivity index (χ1) is 12.3. The highest BCUT2D eigenvalue weighted by molar-refractivity contribution is 6.32. The summed E-state index contributed by atoms with van der Waals surface area (Å²) in [6, 6.07) is 6.87. The molecule has 0 saturated carbocycles. The average molecular weight is 377 g/mol. The number of fused-ring (bicyclic) bond motifs is 1. The van der Waals surface area contributed by atoms with Crippen molar-refractivity contribution in [3.05, 3.63) is 57.3 Å². The lowest BCUT2D eigenvalue weighted by molar-refractivity contribution is -0.137. The third-order valence-electron chi connectivity index (χ3n) is 3.93. The summed E-state index contributed by atoms with van der Waals surface area (Å²) in [4.78, 5) is 27.0. The molecule has 1 unspecified atom stereocenters. The van der Waals surface area contributed by atoms with Crippen molar-refractivity contribution in [2.24, 2.45) is 0 Å². The molecule has 136 valence electrons. The van der Waals surface area contributed by atoms with E-state index in [-0.39, 0.29) is 24.7 Å². The van der Waals surface area contributed by atoms with E-state index < -0.39 is 11.7 Å². The number of benzene rings is 1.